The molecule has 2 N–H and O–H groups in total. The predicted octanol–water partition coefficient (Wildman–Crippen LogP) is 2.02. The maximum absolute atomic E-state index is 12.4. The van der Waals surface area contributed by atoms with Crippen LogP contribution in [0.15, 0.2) is 29.4 Å². The van der Waals surface area contributed by atoms with E-state index in [4.69, 9.17) is 0 Å². The fourth-order valence-electron chi connectivity index (χ4n) is 3.52. The maximum Gasteiger partial charge on any atom is 0.222 e. The van der Waals surface area contributed by atoms with Crippen molar-refractivity contribution in [1.29, 1.82) is 0 Å². The summed E-state index contributed by atoms with van der Waals surface area (Å²) in [4.78, 5) is 36.9. The van der Waals surface area contributed by atoms with E-state index in [0.29, 0.717) is 51.5 Å². The van der Waals surface area contributed by atoms with Gasteiger partial charge in [-0.1, -0.05) is 26.3 Å². The van der Waals surface area contributed by atoms with Crippen molar-refractivity contribution >= 4 is 17.8 Å². The third kappa shape index (κ3) is 9.36. The summed E-state index contributed by atoms with van der Waals surface area (Å²) in [5.74, 6) is 1.54. The number of guanidine groups is 1. The Hall–Kier alpha value is -2.64. The Morgan fingerprint density at radius 3 is 2.35 bits per heavy atom. The molecule has 1 aromatic rings. The van der Waals surface area contributed by atoms with Crippen molar-refractivity contribution in [3.05, 3.63) is 30.1 Å². The minimum atomic E-state index is 0.205. The molecular formula is C23H38N6O2. The number of hydrogen-bond donors (Lipinski definition) is 2. The molecular weight excluding hydrogens is 392 g/mol. The zero-order valence-corrected chi connectivity index (χ0v) is 19.3. The first-order valence-electron chi connectivity index (χ1n) is 11.4. The van der Waals surface area contributed by atoms with Gasteiger partial charge in [-0.2, -0.15) is 0 Å². The molecule has 0 aromatic carbocycles. The molecule has 0 aliphatic carbocycles. The number of unbranched alkanes of at least 4 members (excludes halogenated alkanes) is 2. The number of piperazine rings is 1. The number of aliphatic imine (C=N–C) groups is 1. The Morgan fingerprint density at radius 1 is 1.03 bits per heavy atom. The Bertz CT molecular complexity index is 699. The minimum Gasteiger partial charge on any atom is -0.356 e. The predicted molar refractivity (Wildman–Crippen MR) is 124 cm³/mol. The van der Waals surface area contributed by atoms with Gasteiger partial charge in [0.05, 0.1) is 12.2 Å². The van der Waals surface area contributed by atoms with E-state index >= 15 is 0 Å². The lowest BCUT2D eigenvalue weighted by atomic mass is 10.1. The normalized spacial score (nSPS) is 14.6. The zero-order valence-electron chi connectivity index (χ0n) is 19.3. The molecule has 0 bridgehead atoms. The smallest absolute Gasteiger partial charge is 0.222 e. The summed E-state index contributed by atoms with van der Waals surface area (Å²) in [5, 5.41) is 6.55. The lowest BCUT2D eigenvalue weighted by molar-refractivity contribution is -0.140. The number of carbonyl (C=O) groups excluding carboxylic acids is 2. The summed E-state index contributed by atoms with van der Waals surface area (Å²) in [5.41, 5.74) is 0.967. The molecule has 1 aliphatic heterocycles. The lowest BCUT2D eigenvalue weighted by Gasteiger charge is -2.35. The van der Waals surface area contributed by atoms with E-state index in [-0.39, 0.29) is 11.8 Å². The van der Waals surface area contributed by atoms with Crippen molar-refractivity contribution in [2.75, 3.05) is 39.8 Å². The van der Waals surface area contributed by atoms with Gasteiger partial charge in [0.15, 0.2) is 5.96 Å². The zero-order chi connectivity index (χ0) is 22.5. The molecule has 0 saturated carbocycles. The van der Waals surface area contributed by atoms with E-state index in [1.807, 2.05) is 28.0 Å². The SMILES string of the molecule is CN=C(NCCCCCC(=O)N1CCN(C(=O)CC(C)C)CC1)NCc1ccccn1. The summed E-state index contributed by atoms with van der Waals surface area (Å²) < 4.78 is 0. The van der Waals surface area contributed by atoms with Crippen molar-refractivity contribution in [2.45, 2.75) is 52.5 Å². The molecule has 1 saturated heterocycles. The van der Waals surface area contributed by atoms with Crippen LogP contribution in [-0.4, -0.2) is 72.3 Å². The molecule has 8 heteroatoms. The molecule has 172 valence electrons. The highest BCUT2D eigenvalue weighted by atomic mass is 16.2. The molecule has 1 fully saturated rings. The molecule has 0 atom stereocenters. The number of rotatable bonds is 10. The van der Waals surface area contributed by atoms with Gasteiger partial charge in [0.2, 0.25) is 11.8 Å². The quantitative estimate of drug-likeness (QED) is 0.337. The Kier molecular flexibility index (Phi) is 10.8. The number of pyridine rings is 1. The van der Waals surface area contributed by atoms with E-state index in [1.165, 1.54) is 0 Å². The molecule has 0 radical (unpaired) electrons. The molecule has 31 heavy (non-hydrogen) atoms. The second kappa shape index (κ2) is 13.6. The molecule has 2 rings (SSSR count). The number of nitrogens with one attached hydrogen (secondary N) is 2. The van der Waals surface area contributed by atoms with Crippen LogP contribution in [0.4, 0.5) is 0 Å². The molecule has 1 aliphatic rings. The summed E-state index contributed by atoms with van der Waals surface area (Å²) in [6.07, 6.45) is 5.79. The Morgan fingerprint density at radius 2 is 1.74 bits per heavy atom. The van der Waals surface area contributed by atoms with Crippen molar-refractivity contribution in [3.63, 3.8) is 0 Å². The summed E-state index contributed by atoms with van der Waals surface area (Å²) in [6.45, 7) is 8.18. The summed E-state index contributed by atoms with van der Waals surface area (Å²) >= 11 is 0. The lowest BCUT2D eigenvalue weighted by Crippen LogP contribution is -2.50. The van der Waals surface area contributed by atoms with Gasteiger partial charge in [0, 0.05) is 58.8 Å². The van der Waals surface area contributed by atoms with E-state index < -0.39 is 0 Å². The summed E-state index contributed by atoms with van der Waals surface area (Å²) in [6, 6.07) is 5.84. The second-order valence-corrected chi connectivity index (χ2v) is 8.34. The Labute approximate surface area is 186 Å². The first-order chi connectivity index (χ1) is 15.0. The molecule has 2 heterocycles. The molecule has 1 aromatic heterocycles. The second-order valence-electron chi connectivity index (χ2n) is 8.34. The number of hydrogen-bond acceptors (Lipinski definition) is 4. The number of carbonyl (C=O) groups is 2. The van der Waals surface area contributed by atoms with Gasteiger partial charge in [-0.3, -0.25) is 19.6 Å². The minimum absolute atomic E-state index is 0.205. The van der Waals surface area contributed by atoms with E-state index in [9.17, 15) is 9.59 Å². The van der Waals surface area contributed by atoms with Crippen LogP contribution >= 0.6 is 0 Å². The fraction of sp³-hybridized carbons (Fsp3) is 0.652. The van der Waals surface area contributed by atoms with Crippen LogP contribution in [0.2, 0.25) is 0 Å². The van der Waals surface area contributed by atoms with Gasteiger partial charge in [-0.15, -0.1) is 0 Å². The van der Waals surface area contributed by atoms with Gasteiger partial charge in [-0.25, -0.2) is 0 Å². The highest BCUT2D eigenvalue weighted by Gasteiger charge is 2.23. The Balaban J connectivity index is 1.53. The van der Waals surface area contributed by atoms with Crippen LogP contribution in [0.5, 0.6) is 0 Å². The third-order valence-corrected chi connectivity index (χ3v) is 5.31. The van der Waals surface area contributed by atoms with E-state index in [2.05, 4.69) is 34.5 Å². The molecule has 8 nitrogen and oxygen atoms in total. The molecule has 0 unspecified atom stereocenters. The van der Waals surface area contributed by atoms with Crippen molar-refractivity contribution in [1.82, 2.24) is 25.4 Å². The third-order valence-electron chi connectivity index (χ3n) is 5.31. The first-order valence-corrected chi connectivity index (χ1v) is 11.4. The van der Waals surface area contributed by atoms with Gasteiger partial charge in [0.1, 0.15) is 0 Å². The highest BCUT2D eigenvalue weighted by Crippen LogP contribution is 2.10. The van der Waals surface area contributed by atoms with Crippen molar-refractivity contribution < 1.29 is 9.59 Å². The molecule has 0 spiro atoms. The number of aromatic nitrogens is 1. The van der Waals surface area contributed by atoms with E-state index in [1.54, 1.807) is 13.2 Å². The maximum atomic E-state index is 12.4. The van der Waals surface area contributed by atoms with Crippen molar-refractivity contribution in [2.24, 2.45) is 10.9 Å². The van der Waals surface area contributed by atoms with Gasteiger partial charge >= 0.3 is 0 Å². The van der Waals surface area contributed by atoms with Crippen LogP contribution in [0.1, 0.15) is 51.6 Å². The largest absolute Gasteiger partial charge is 0.356 e. The number of amides is 2. The van der Waals surface area contributed by atoms with E-state index in [0.717, 1.165) is 37.5 Å². The first kappa shape index (κ1) is 24.6. The number of nitrogens with zero attached hydrogens (tertiary/aromatic N) is 4. The van der Waals surface area contributed by atoms with Gasteiger partial charge < -0.3 is 20.4 Å². The van der Waals surface area contributed by atoms with Gasteiger partial charge in [0.25, 0.3) is 0 Å². The highest BCUT2D eigenvalue weighted by molar-refractivity contribution is 5.79. The summed E-state index contributed by atoms with van der Waals surface area (Å²) in [7, 11) is 1.75. The fourth-order valence-corrected chi connectivity index (χ4v) is 3.52. The van der Waals surface area contributed by atoms with Crippen LogP contribution in [0, 0.1) is 5.92 Å². The van der Waals surface area contributed by atoms with Gasteiger partial charge in [-0.05, 0) is 30.9 Å². The van der Waals surface area contributed by atoms with Crippen LogP contribution in [-0.2, 0) is 16.1 Å². The monoisotopic (exact) mass is 430 g/mol. The molecule has 2 amide bonds. The van der Waals surface area contributed by atoms with Crippen LogP contribution in [0.25, 0.3) is 0 Å². The van der Waals surface area contributed by atoms with Crippen molar-refractivity contribution in [3.8, 4) is 0 Å². The average molecular weight is 431 g/mol. The van der Waals surface area contributed by atoms with Crippen LogP contribution in [0.3, 0.4) is 0 Å². The average Bonchev–Trinajstić information content (AvgIpc) is 2.78. The topological polar surface area (TPSA) is 89.9 Å². The van der Waals surface area contributed by atoms with Crippen LogP contribution < -0.4 is 10.6 Å². The standard InChI is InChI=1S/C23H38N6O2/c1-19(2)17-22(31)29-15-13-28(14-16-29)21(30)10-5-4-7-12-26-23(24-3)27-18-20-9-6-8-11-25-20/h6,8-9,11,19H,4-5,7,10,12-18H2,1-3H3,(H2,24,26,27).